The number of carbonyl (C=O) groups is 2. The fraction of sp³-hybridized carbons (Fsp3) is 0.214. The molecule has 2 N–H and O–H groups in total. The molecule has 0 aliphatic carbocycles. The van der Waals surface area contributed by atoms with Crippen molar-refractivity contribution >= 4 is 34.7 Å². The van der Waals surface area contributed by atoms with Gasteiger partial charge in [0, 0.05) is 17.3 Å². The molecule has 1 heterocycles. The second-order valence-electron chi connectivity index (χ2n) is 8.10. The predicted molar refractivity (Wildman–Crippen MR) is 140 cm³/mol. The van der Waals surface area contributed by atoms with Crippen molar-refractivity contribution in [3.8, 4) is 23.0 Å². The topological polar surface area (TPSA) is 106 Å². The highest BCUT2D eigenvalue weighted by Crippen LogP contribution is 2.45. The number of benzene rings is 3. The van der Waals surface area contributed by atoms with Gasteiger partial charge >= 0.3 is 0 Å². The van der Waals surface area contributed by atoms with Crippen molar-refractivity contribution in [1.29, 1.82) is 0 Å². The molecular formula is C28H26ClNO7. The van der Waals surface area contributed by atoms with Crippen LogP contribution in [-0.2, 0) is 9.59 Å². The maximum Gasteiger partial charge on any atom is 0.300 e. The number of ketones is 1. The molecule has 0 saturated carbocycles. The number of carbonyl (C=O) groups excluding carboxylic acids is 2. The van der Waals surface area contributed by atoms with E-state index in [4.69, 9.17) is 25.8 Å². The van der Waals surface area contributed by atoms with E-state index in [9.17, 15) is 19.8 Å². The molecule has 0 bridgehead atoms. The monoisotopic (exact) mass is 523 g/mol. The molecule has 3 aromatic rings. The number of phenols is 1. The van der Waals surface area contributed by atoms with E-state index < -0.39 is 23.5 Å². The first-order chi connectivity index (χ1) is 17.8. The van der Waals surface area contributed by atoms with Gasteiger partial charge < -0.3 is 24.4 Å². The van der Waals surface area contributed by atoms with Crippen molar-refractivity contribution < 1.29 is 34.0 Å². The highest BCUT2D eigenvalue weighted by Gasteiger charge is 2.47. The van der Waals surface area contributed by atoms with E-state index in [1.54, 1.807) is 36.4 Å². The Hall–Kier alpha value is -4.17. The molecule has 0 aromatic heterocycles. The molecule has 8 nitrogen and oxygen atoms in total. The van der Waals surface area contributed by atoms with Gasteiger partial charge in [-0.25, -0.2) is 0 Å². The molecular weight excluding hydrogens is 498 g/mol. The zero-order valence-corrected chi connectivity index (χ0v) is 21.3. The molecule has 1 aliphatic heterocycles. The van der Waals surface area contributed by atoms with Crippen LogP contribution in [0.5, 0.6) is 23.0 Å². The molecule has 0 spiro atoms. The fourth-order valence-corrected chi connectivity index (χ4v) is 4.43. The summed E-state index contributed by atoms with van der Waals surface area (Å²) in [5.41, 5.74) is 0.842. The lowest BCUT2D eigenvalue weighted by atomic mass is 9.95. The molecule has 1 aliphatic rings. The van der Waals surface area contributed by atoms with Crippen LogP contribution in [0.25, 0.3) is 5.76 Å². The zero-order chi connectivity index (χ0) is 26.7. The van der Waals surface area contributed by atoms with E-state index >= 15 is 0 Å². The number of methoxy groups -OCH3 is 1. The molecule has 9 heteroatoms. The van der Waals surface area contributed by atoms with Gasteiger partial charge in [-0.1, -0.05) is 23.7 Å². The molecule has 1 fully saturated rings. The number of nitrogens with zero attached hydrogens (tertiary/aromatic N) is 1. The van der Waals surface area contributed by atoms with E-state index in [1.165, 1.54) is 36.3 Å². The Labute approximate surface area is 219 Å². The Balaban J connectivity index is 1.94. The summed E-state index contributed by atoms with van der Waals surface area (Å²) in [4.78, 5) is 28.1. The van der Waals surface area contributed by atoms with Crippen LogP contribution >= 0.6 is 11.6 Å². The summed E-state index contributed by atoms with van der Waals surface area (Å²) >= 11 is 6.36. The van der Waals surface area contributed by atoms with Crippen molar-refractivity contribution in [1.82, 2.24) is 0 Å². The summed E-state index contributed by atoms with van der Waals surface area (Å²) < 4.78 is 16.6. The standard InChI is InChI=1S/C28H26ClNO7/c1-4-36-22-13-8-17(14-23(22)37-5-2)30-25(16-6-9-18(31)10-7-16)24(27(33)28(30)34)26(32)20-15-19(35-3)11-12-21(20)29/h6-15,25,31-32H,4-5H2,1-3H3/b26-24+. The normalized spacial score (nSPS) is 16.6. The summed E-state index contributed by atoms with van der Waals surface area (Å²) in [6, 6.07) is 14.6. The number of amides is 1. The molecule has 1 amide bonds. The molecule has 1 unspecified atom stereocenters. The summed E-state index contributed by atoms with van der Waals surface area (Å²) in [5, 5.41) is 21.4. The van der Waals surface area contributed by atoms with Crippen molar-refractivity contribution in [2.75, 3.05) is 25.2 Å². The number of aromatic hydroxyl groups is 1. The van der Waals surface area contributed by atoms with Gasteiger partial charge in [0.25, 0.3) is 11.7 Å². The maximum atomic E-state index is 13.4. The van der Waals surface area contributed by atoms with Crippen molar-refractivity contribution in [2.24, 2.45) is 0 Å². The quantitative estimate of drug-likeness (QED) is 0.229. The molecule has 192 valence electrons. The van der Waals surface area contributed by atoms with E-state index in [0.717, 1.165) is 0 Å². The minimum absolute atomic E-state index is 0.0104. The number of hydrogen-bond acceptors (Lipinski definition) is 7. The summed E-state index contributed by atoms with van der Waals surface area (Å²) in [7, 11) is 1.46. The minimum atomic E-state index is -1.02. The second-order valence-corrected chi connectivity index (χ2v) is 8.51. The molecule has 4 rings (SSSR count). The van der Waals surface area contributed by atoms with Gasteiger partial charge in [0.15, 0.2) is 11.5 Å². The van der Waals surface area contributed by atoms with Crippen LogP contribution in [0.2, 0.25) is 5.02 Å². The number of hydrogen-bond donors (Lipinski definition) is 2. The number of anilines is 1. The maximum absolute atomic E-state index is 13.4. The summed E-state index contributed by atoms with van der Waals surface area (Å²) in [6.45, 7) is 4.44. The second kappa shape index (κ2) is 10.8. The molecule has 1 saturated heterocycles. The Bertz CT molecular complexity index is 1370. The lowest BCUT2D eigenvalue weighted by Crippen LogP contribution is -2.29. The van der Waals surface area contributed by atoms with Crippen LogP contribution < -0.4 is 19.1 Å². The fourth-order valence-electron chi connectivity index (χ4n) is 4.22. The van der Waals surface area contributed by atoms with Crippen LogP contribution in [-0.4, -0.2) is 42.2 Å². The molecule has 1 atom stereocenters. The van der Waals surface area contributed by atoms with Crippen molar-refractivity contribution in [3.05, 3.63) is 82.4 Å². The van der Waals surface area contributed by atoms with Gasteiger partial charge in [-0.15, -0.1) is 0 Å². The van der Waals surface area contributed by atoms with Crippen molar-refractivity contribution in [2.45, 2.75) is 19.9 Å². The van der Waals surface area contributed by atoms with E-state index in [1.807, 2.05) is 13.8 Å². The predicted octanol–water partition coefficient (Wildman–Crippen LogP) is 5.48. The number of Topliss-reactive ketones (excluding diaryl/α,β-unsaturated/α-hetero) is 1. The van der Waals surface area contributed by atoms with E-state index in [-0.39, 0.29) is 21.9 Å². The van der Waals surface area contributed by atoms with Crippen LogP contribution in [0.3, 0.4) is 0 Å². The van der Waals surface area contributed by atoms with Crippen molar-refractivity contribution in [3.63, 3.8) is 0 Å². The first-order valence-electron chi connectivity index (χ1n) is 11.6. The lowest BCUT2D eigenvalue weighted by Gasteiger charge is -2.26. The zero-order valence-electron chi connectivity index (χ0n) is 20.5. The summed E-state index contributed by atoms with van der Waals surface area (Å²) in [5.74, 6) is -0.853. The Kier molecular flexibility index (Phi) is 7.59. The number of halogens is 1. The Morgan fingerprint density at radius 3 is 2.27 bits per heavy atom. The van der Waals surface area contributed by atoms with Gasteiger partial charge in [0.1, 0.15) is 17.3 Å². The third-order valence-electron chi connectivity index (χ3n) is 5.89. The van der Waals surface area contributed by atoms with E-state index in [0.29, 0.717) is 41.7 Å². The number of ether oxygens (including phenoxy) is 3. The Morgan fingerprint density at radius 1 is 0.946 bits per heavy atom. The van der Waals surface area contributed by atoms with Gasteiger partial charge in [0.05, 0.1) is 37.0 Å². The average molecular weight is 524 g/mol. The van der Waals surface area contributed by atoms with E-state index in [2.05, 4.69) is 0 Å². The Morgan fingerprint density at radius 2 is 1.62 bits per heavy atom. The van der Waals surface area contributed by atoms with Crippen LogP contribution in [0.4, 0.5) is 5.69 Å². The molecule has 3 aromatic carbocycles. The minimum Gasteiger partial charge on any atom is -0.508 e. The third-order valence-corrected chi connectivity index (χ3v) is 6.22. The number of rotatable bonds is 8. The van der Waals surface area contributed by atoms with Gasteiger partial charge in [-0.3, -0.25) is 14.5 Å². The first-order valence-corrected chi connectivity index (χ1v) is 12.0. The van der Waals surface area contributed by atoms with Gasteiger partial charge in [0.2, 0.25) is 0 Å². The summed E-state index contributed by atoms with van der Waals surface area (Å²) in [6.07, 6.45) is 0. The number of phenolic OH excluding ortho intramolecular Hbond substituents is 1. The third kappa shape index (κ3) is 4.93. The smallest absolute Gasteiger partial charge is 0.300 e. The lowest BCUT2D eigenvalue weighted by molar-refractivity contribution is -0.132. The average Bonchev–Trinajstić information content (AvgIpc) is 3.16. The highest BCUT2D eigenvalue weighted by atomic mass is 35.5. The number of aliphatic hydroxyl groups excluding tert-OH is 1. The van der Waals surface area contributed by atoms with Gasteiger partial charge in [-0.05, 0) is 61.9 Å². The molecule has 0 radical (unpaired) electrons. The largest absolute Gasteiger partial charge is 0.508 e. The highest BCUT2D eigenvalue weighted by molar-refractivity contribution is 6.52. The van der Waals surface area contributed by atoms with Crippen LogP contribution in [0, 0.1) is 0 Å². The van der Waals surface area contributed by atoms with Gasteiger partial charge in [-0.2, -0.15) is 0 Å². The SMILES string of the molecule is CCOc1ccc(N2C(=O)C(=O)/C(=C(/O)c3cc(OC)ccc3Cl)C2c2ccc(O)cc2)cc1OCC. The number of aliphatic hydroxyl groups is 1. The van der Waals surface area contributed by atoms with Crippen LogP contribution in [0.1, 0.15) is 31.0 Å². The van der Waals surface area contributed by atoms with Crippen LogP contribution in [0.15, 0.2) is 66.2 Å². The molecule has 37 heavy (non-hydrogen) atoms. The first kappa shape index (κ1) is 25.9.